The molecule has 1 aromatic heterocycles. The van der Waals surface area contributed by atoms with Gasteiger partial charge < -0.3 is 0 Å². The highest BCUT2D eigenvalue weighted by atomic mass is 32.2. The molecule has 0 aromatic carbocycles. The topological polar surface area (TPSA) is 78.8 Å². The van der Waals surface area contributed by atoms with Crippen LogP contribution in [0.1, 0.15) is 40.0 Å². The fraction of sp³-hybridized carbons (Fsp3) is 0.647. The van der Waals surface area contributed by atoms with Crippen LogP contribution in [0.5, 0.6) is 0 Å². The number of hydrazone groups is 1. The predicted molar refractivity (Wildman–Crippen MR) is 98.9 cm³/mol. The standard InChI is InChI=1S/C17H25N3O3S2/c1-16(2)12-7-8-17(16,3)13(10-12)18-19-14(21)11-20(4)25(22,23)15-6-5-9-24-15/h5-6,9,12H,7-8,10-11H2,1-4H3,(H,19,21). The van der Waals surface area contributed by atoms with E-state index < -0.39 is 15.9 Å². The zero-order valence-electron chi connectivity index (χ0n) is 15.1. The number of likely N-dealkylation sites (N-methyl/N-ethyl adjacent to an activating group) is 1. The normalized spacial score (nSPS) is 29.5. The van der Waals surface area contributed by atoms with Crippen LogP contribution >= 0.6 is 11.3 Å². The molecule has 0 aliphatic heterocycles. The van der Waals surface area contributed by atoms with E-state index in [-0.39, 0.29) is 21.6 Å². The Kier molecular flexibility index (Phi) is 4.58. The lowest BCUT2D eigenvalue weighted by Gasteiger charge is -2.34. The summed E-state index contributed by atoms with van der Waals surface area (Å²) in [6.07, 6.45) is 3.21. The van der Waals surface area contributed by atoms with Gasteiger partial charge in [0.1, 0.15) is 4.21 Å². The molecule has 25 heavy (non-hydrogen) atoms. The first-order valence-corrected chi connectivity index (χ1v) is 10.8. The van der Waals surface area contributed by atoms with E-state index in [9.17, 15) is 13.2 Å². The number of carbonyl (C=O) groups excluding carboxylic acids is 1. The van der Waals surface area contributed by atoms with Crippen molar-refractivity contribution in [2.24, 2.45) is 21.8 Å². The molecule has 2 unspecified atom stereocenters. The molecule has 138 valence electrons. The molecule has 2 atom stereocenters. The highest BCUT2D eigenvalue weighted by Gasteiger charge is 2.60. The summed E-state index contributed by atoms with van der Waals surface area (Å²) >= 11 is 1.14. The second-order valence-corrected chi connectivity index (χ2v) is 11.0. The Morgan fingerprint density at radius 3 is 2.68 bits per heavy atom. The van der Waals surface area contributed by atoms with Crippen molar-refractivity contribution in [2.45, 2.75) is 44.2 Å². The van der Waals surface area contributed by atoms with Crippen LogP contribution in [0.15, 0.2) is 26.8 Å². The summed E-state index contributed by atoms with van der Waals surface area (Å²) in [6.45, 7) is 6.52. The molecule has 2 fully saturated rings. The third-order valence-corrected chi connectivity index (χ3v) is 9.53. The Bertz CT molecular complexity index is 799. The van der Waals surface area contributed by atoms with Crippen molar-refractivity contribution in [1.29, 1.82) is 0 Å². The van der Waals surface area contributed by atoms with E-state index in [0.29, 0.717) is 5.92 Å². The van der Waals surface area contributed by atoms with Crippen LogP contribution in [-0.4, -0.2) is 37.9 Å². The SMILES string of the molecule is CN(CC(=O)NN=C1CC2CCC1(C)C2(C)C)S(=O)(=O)c1cccs1. The summed E-state index contributed by atoms with van der Waals surface area (Å²) in [6, 6.07) is 3.21. The van der Waals surface area contributed by atoms with Crippen molar-refractivity contribution in [3.05, 3.63) is 17.5 Å². The lowest BCUT2D eigenvalue weighted by atomic mass is 9.70. The van der Waals surface area contributed by atoms with Crippen LogP contribution in [0.3, 0.4) is 0 Å². The Morgan fingerprint density at radius 2 is 2.16 bits per heavy atom. The summed E-state index contributed by atoms with van der Waals surface area (Å²) in [4.78, 5) is 12.2. The maximum Gasteiger partial charge on any atom is 0.255 e. The fourth-order valence-electron chi connectivity index (χ4n) is 4.11. The number of sulfonamides is 1. The van der Waals surface area contributed by atoms with Gasteiger partial charge in [-0.25, -0.2) is 13.8 Å². The van der Waals surface area contributed by atoms with Gasteiger partial charge in [-0.05, 0) is 42.0 Å². The minimum atomic E-state index is -3.62. The minimum absolute atomic E-state index is 0.0138. The molecule has 3 rings (SSSR count). The Hall–Kier alpha value is -1.25. The lowest BCUT2D eigenvalue weighted by molar-refractivity contribution is -0.121. The summed E-state index contributed by atoms with van der Waals surface area (Å²) in [5.41, 5.74) is 3.80. The second-order valence-electron chi connectivity index (χ2n) is 7.78. The van der Waals surface area contributed by atoms with Gasteiger partial charge in [-0.2, -0.15) is 9.41 Å². The lowest BCUT2D eigenvalue weighted by Crippen LogP contribution is -2.38. The summed E-state index contributed by atoms with van der Waals surface area (Å²) in [5, 5.41) is 6.07. The summed E-state index contributed by atoms with van der Waals surface area (Å²) in [5.74, 6) is 0.189. The largest absolute Gasteiger partial charge is 0.272 e. The molecule has 8 heteroatoms. The molecule has 2 saturated carbocycles. The van der Waals surface area contributed by atoms with Crippen LogP contribution in [-0.2, 0) is 14.8 Å². The molecule has 2 aliphatic rings. The molecule has 1 aromatic rings. The molecule has 2 bridgehead atoms. The Morgan fingerprint density at radius 1 is 1.44 bits per heavy atom. The highest BCUT2D eigenvalue weighted by molar-refractivity contribution is 7.91. The van der Waals surface area contributed by atoms with E-state index in [0.717, 1.165) is 34.2 Å². The summed E-state index contributed by atoms with van der Waals surface area (Å²) in [7, 11) is -2.22. The van der Waals surface area contributed by atoms with Crippen molar-refractivity contribution in [3.63, 3.8) is 0 Å². The van der Waals surface area contributed by atoms with Crippen molar-refractivity contribution >= 4 is 33.0 Å². The van der Waals surface area contributed by atoms with Crippen molar-refractivity contribution < 1.29 is 13.2 Å². The summed E-state index contributed by atoms with van der Waals surface area (Å²) < 4.78 is 26.0. The van der Waals surface area contributed by atoms with Crippen LogP contribution in [0.25, 0.3) is 0 Å². The van der Waals surface area contributed by atoms with Gasteiger partial charge in [0.2, 0.25) is 0 Å². The molecule has 6 nitrogen and oxygen atoms in total. The smallest absolute Gasteiger partial charge is 0.255 e. The minimum Gasteiger partial charge on any atom is -0.272 e. The van der Waals surface area contributed by atoms with Crippen LogP contribution in [0.2, 0.25) is 0 Å². The average molecular weight is 384 g/mol. The van der Waals surface area contributed by atoms with Crippen LogP contribution in [0, 0.1) is 16.7 Å². The zero-order valence-corrected chi connectivity index (χ0v) is 16.7. The third-order valence-electron chi connectivity index (χ3n) is 6.35. The van der Waals surface area contributed by atoms with E-state index in [4.69, 9.17) is 0 Å². The quantitative estimate of drug-likeness (QED) is 0.794. The first kappa shape index (κ1) is 18.5. The molecular formula is C17H25N3O3S2. The second kappa shape index (κ2) is 6.17. The van der Waals surface area contributed by atoms with Gasteiger partial charge in [0, 0.05) is 18.2 Å². The maximum absolute atomic E-state index is 12.4. The Labute approximate surface area is 153 Å². The van der Waals surface area contributed by atoms with E-state index in [1.165, 1.54) is 19.5 Å². The number of amides is 1. The van der Waals surface area contributed by atoms with E-state index >= 15 is 0 Å². The number of nitrogens with zero attached hydrogens (tertiary/aromatic N) is 2. The van der Waals surface area contributed by atoms with E-state index in [1.54, 1.807) is 11.4 Å². The molecule has 1 heterocycles. The molecule has 1 amide bonds. The molecule has 0 spiro atoms. The zero-order chi connectivity index (χ0) is 18.5. The van der Waals surface area contributed by atoms with Gasteiger partial charge >= 0.3 is 0 Å². The number of nitrogens with one attached hydrogen (secondary N) is 1. The van der Waals surface area contributed by atoms with Gasteiger partial charge in [0.05, 0.1) is 6.54 Å². The number of hydrogen-bond donors (Lipinski definition) is 1. The number of hydrogen-bond acceptors (Lipinski definition) is 5. The van der Waals surface area contributed by atoms with Gasteiger partial charge in [-0.1, -0.05) is 26.8 Å². The molecule has 1 N–H and O–H groups in total. The van der Waals surface area contributed by atoms with E-state index in [2.05, 4.69) is 31.3 Å². The Balaban J connectivity index is 1.64. The maximum atomic E-state index is 12.4. The third kappa shape index (κ3) is 2.94. The average Bonchev–Trinajstić information content (AvgIpc) is 3.19. The molecule has 2 aliphatic carbocycles. The van der Waals surface area contributed by atoms with Gasteiger partial charge in [-0.15, -0.1) is 11.3 Å². The van der Waals surface area contributed by atoms with Gasteiger partial charge in [-0.3, -0.25) is 4.79 Å². The first-order chi connectivity index (χ1) is 11.6. The van der Waals surface area contributed by atoms with Gasteiger partial charge in [0.25, 0.3) is 15.9 Å². The fourth-order valence-corrected chi connectivity index (χ4v) is 6.44. The number of carbonyl (C=O) groups is 1. The number of fused-ring (bicyclic) bond motifs is 2. The molecule has 0 radical (unpaired) electrons. The van der Waals surface area contributed by atoms with Crippen LogP contribution < -0.4 is 5.43 Å². The predicted octanol–water partition coefficient (Wildman–Crippen LogP) is 2.69. The number of rotatable bonds is 5. The molecule has 0 saturated heterocycles. The van der Waals surface area contributed by atoms with E-state index in [1.807, 2.05) is 0 Å². The van der Waals surface area contributed by atoms with Crippen molar-refractivity contribution in [1.82, 2.24) is 9.73 Å². The van der Waals surface area contributed by atoms with Crippen LogP contribution in [0.4, 0.5) is 0 Å². The first-order valence-electron chi connectivity index (χ1n) is 8.45. The van der Waals surface area contributed by atoms with Crippen molar-refractivity contribution in [2.75, 3.05) is 13.6 Å². The molecular weight excluding hydrogens is 358 g/mol. The van der Waals surface area contributed by atoms with Gasteiger partial charge in [0.15, 0.2) is 0 Å². The van der Waals surface area contributed by atoms with Crippen molar-refractivity contribution in [3.8, 4) is 0 Å². The highest BCUT2D eigenvalue weighted by Crippen LogP contribution is 2.63. The monoisotopic (exact) mass is 383 g/mol. The number of thiophene rings is 1.